The van der Waals surface area contributed by atoms with Gasteiger partial charge in [0.2, 0.25) is 5.91 Å². The minimum atomic E-state index is -0.606. The molecule has 122 valence electrons. The van der Waals surface area contributed by atoms with Crippen LogP contribution in [0, 0.1) is 5.92 Å². The molecule has 2 rings (SSSR count). The first-order valence-electron chi connectivity index (χ1n) is 7.26. The van der Waals surface area contributed by atoms with Crippen molar-refractivity contribution in [2.24, 2.45) is 5.92 Å². The SMILES string of the molecule is CNC(=O)C(NC(=O)c1cc(-c2cccc(Cl)c2)n[nH]1)C(C)C. The average molecular weight is 335 g/mol. The summed E-state index contributed by atoms with van der Waals surface area (Å²) in [6, 6.07) is 8.22. The number of H-pyrrole nitrogens is 1. The molecule has 0 aliphatic heterocycles. The normalized spacial score (nSPS) is 12.0. The van der Waals surface area contributed by atoms with Crippen molar-refractivity contribution >= 4 is 23.4 Å². The fraction of sp³-hybridized carbons (Fsp3) is 0.312. The van der Waals surface area contributed by atoms with E-state index in [9.17, 15) is 9.59 Å². The number of aromatic amines is 1. The van der Waals surface area contributed by atoms with E-state index in [1.54, 1.807) is 18.2 Å². The van der Waals surface area contributed by atoms with Crippen molar-refractivity contribution in [2.45, 2.75) is 19.9 Å². The van der Waals surface area contributed by atoms with Crippen molar-refractivity contribution in [3.63, 3.8) is 0 Å². The molecule has 2 aromatic rings. The Labute approximate surface area is 139 Å². The van der Waals surface area contributed by atoms with Gasteiger partial charge in [0, 0.05) is 17.6 Å². The quantitative estimate of drug-likeness (QED) is 0.783. The van der Waals surface area contributed by atoms with Crippen molar-refractivity contribution in [3.05, 3.63) is 41.0 Å². The first kappa shape index (κ1) is 17.0. The predicted molar refractivity (Wildman–Crippen MR) is 89.2 cm³/mol. The first-order chi connectivity index (χ1) is 10.9. The monoisotopic (exact) mass is 334 g/mol. The number of benzene rings is 1. The Kier molecular flexibility index (Phi) is 5.39. The molecule has 1 aromatic carbocycles. The smallest absolute Gasteiger partial charge is 0.269 e. The lowest BCUT2D eigenvalue weighted by Crippen LogP contribution is -2.48. The van der Waals surface area contributed by atoms with Crippen LogP contribution in [0.25, 0.3) is 11.3 Å². The van der Waals surface area contributed by atoms with E-state index in [2.05, 4.69) is 20.8 Å². The van der Waals surface area contributed by atoms with Crippen LogP contribution < -0.4 is 10.6 Å². The summed E-state index contributed by atoms with van der Waals surface area (Å²) < 4.78 is 0. The van der Waals surface area contributed by atoms with Gasteiger partial charge < -0.3 is 10.6 Å². The maximum atomic E-state index is 12.3. The minimum absolute atomic E-state index is 0.0331. The van der Waals surface area contributed by atoms with E-state index in [0.29, 0.717) is 10.7 Å². The van der Waals surface area contributed by atoms with E-state index in [-0.39, 0.29) is 23.4 Å². The Bertz CT molecular complexity index is 712. The molecule has 0 aliphatic rings. The molecule has 1 aromatic heterocycles. The first-order valence-corrected chi connectivity index (χ1v) is 7.64. The molecule has 0 radical (unpaired) electrons. The van der Waals surface area contributed by atoms with Gasteiger partial charge in [0.05, 0.1) is 5.69 Å². The number of nitrogens with zero attached hydrogens (tertiary/aromatic N) is 1. The number of rotatable bonds is 5. The van der Waals surface area contributed by atoms with Gasteiger partial charge in [-0.1, -0.05) is 37.6 Å². The van der Waals surface area contributed by atoms with Gasteiger partial charge >= 0.3 is 0 Å². The van der Waals surface area contributed by atoms with Gasteiger partial charge in [-0.2, -0.15) is 5.10 Å². The molecular weight excluding hydrogens is 316 g/mol. The Morgan fingerprint density at radius 3 is 2.61 bits per heavy atom. The summed E-state index contributed by atoms with van der Waals surface area (Å²) >= 11 is 5.96. The number of halogens is 1. The van der Waals surface area contributed by atoms with Gasteiger partial charge in [0.1, 0.15) is 11.7 Å². The number of carbonyl (C=O) groups is 2. The van der Waals surface area contributed by atoms with Gasteiger partial charge in [-0.05, 0) is 24.1 Å². The Hall–Kier alpha value is -2.34. The largest absolute Gasteiger partial charge is 0.357 e. The van der Waals surface area contributed by atoms with Crippen LogP contribution in [0.15, 0.2) is 30.3 Å². The van der Waals surface area contributed by atoms with Crippen LogP contribution in [-0.4, -0.2) is 35.1 Å². The Balaban J connectivity index is 2.16. The van der Waals surface area contributed by atoms with Crippen LogP contribution in [0.2, 0.25) is 5.02 Å². The molecule has 0 fully saturated rings. The lowest BCUT2D eigenvalue weighted by atomic mass is 10.0. The van der Waals surface area contributed by atoms with Gasteiger partial charge in [-0.25, -0.2) is 0 Å². The molecule has 1 atom stereocenters. The highest BCUT2D eigenvalue weighted by Gasteiger charge is 2.24. The summed E-state index contributed by atoms with van der Waals surface area (Å²) in [5.41, 5.74) is 1.70. The minimum Gasteiger partial charge on any atom is -0.357 e. The third-order valence-electron chi connectivity index (χ3n) is 3.43. The molecule has 7 heteroatoms. The number of amides is 2. The standard InChI is InChI=1S/C16H19ClN4O2/c1-9(2)14(16(23)18-3)19-15(22)13-8-12(20-21-13)10-5-4-6-11(17)7-10/h4-9,14H,1-3H3,(H,18,23)(H,19,22)(H,20,21). The molecule has 23 heavy (non-hydrogen) atoms. The molecule has 2 amide bonds. The molecule has 0 bridgehead atoms. The number of hydrogen-bond donors (Lipinski definition) is 3. The van der Waals surface area contributed by atoms with Crippen LogP contribution in [0.5, 0.6) is 0 Å². The van der Waals surface area contributed by atoms with Crippen molar-refractivity contribution in [2.75, 3.05) is 7.05 Å². The second kappa shape index (κ2) is 7.28. The zero-order chi connectivity index (χ0) is 17.0. The van der Waals surface area contributed by atoms with Crippen molar-refractivity contribution in [1.29, 1.82) is 0 Å². The van der Waals surface area contributed by atoms with Crippen molar-refractivity contribution in [1.82, 2.24) is 20.8 Å². The topological polar surface area (TPSA) is 86.9 Å². The number of nitrogens with one attached hydrogen (secondary N) is 3. The number of hydrogen-bond acceptors (Lipinski definition) is 3. The van der Waals surface area contributed by atoms with Crippen LogP contribution in [0.3, 0.4) is 0 Å². The van der Waals surface area contributed by atoms with Gasteiger partial charge in [-0.15, -0.1) is 0 Å². The van der Waals surface area contributed by atoms with Crippen molar-refractivity contribution < 1.29 is 9.59 Å². The van der Waals surface area contributed by atoms with Crippen LogP contribution in [0.1, 0.15) is 24.3 Å². The number of carbonyl (C=O) groups excluding carboxylic acids is 2. The summed E-state index contributed by atoms with van der Waals surface area (Å²) in [5.74, 6) is -0.648. The second-order valence-electron chi connectivity index (χ2n) is 5.49. The lowest BCUT2D eigenvalue weighted by molar-refractivity contribution is -0.123. The zero-order valence-corrected chi connectivity index (χ0v) is 13.9. The van der Waals surface area contributed by atoms with Gasteiger partial charge in [-0.3, -0.25) is 14.7 Å². The van der Waals surface area contributed by atoms with E-state index in [1.807, 2.05) is 26.0 Å². The van der Waals surface area contributed by atoms with E-state index in [4.69, 9.17) is 11.6 Å². The number of likely N-dealkylation sites (N-methyl/N-ethyl adjacent to an activating group) is 1. The molecule has 3 N–H and O–H groups in total. The van der Waals surface area contributed by atoms with Crippen LogP contribution in [-0.2, 0) is 4.79 Å². The third-order valence-corrected chi connectivity index (χ3v) is 3.66. The van der Waals surface area contributed by atoms with Crippen LogP contribution in [0.4, 0.5) is 0 Å². The summed E-state index contributed by atoms with van der Waals surface area (Å²) in [5, 5.41) is 12.7. The van der Waals surface area contributed by atoms with Crippen LogP contribution >= 0.6 is 11.6 Å². The summed E-state index contributed by atoms with van der Waals surface area (Å²) in [4.78, 5) is 24.1. The second-order valence-corrected chi connectivity index (χ2v) is 5.92. The lowest BCUT2D eigenvalue weighted by Gasteiger charge is -2.20. The predicted octanol–water partition coefficient (Wildman–Crippen LogP) is 2.23. The van der Waals surface area contributed by atoms with E-state index in [0.717, 1.165) is 5.56 Å². The summed E-state index contributed by atoms with van der Waals surface area (Å²) in [7, 11) is 1.54. The molecular formula is C16H19ClN4O2. The highest BCUT2D eigenvalue weighted by Crippen LogP contribution is 2.21. The third kappa shape index (κ3) is 4.10. The zero-order valence-electron chi connectivity index (χ0n) is 13.2. The number of aromatic nitrogens is 2. The molecule has 1 heterocycles. The van der Waals surface area contributed by atoms with E-state index >= 15 is 0 Å². The van der Waals surface area contributed by atoms with E-state index in [1.165, 1.54) is 7.05 Å². The average Bonchev–Trinajstić information content (AvgIpc) is 3.01. The Morgan fingerprint density at radius 1 is 1.26 bits per heavy atom. The highest BCUT2D eigenvalue weighted by molar-refractivity contribution is 6.30. The van der Waals surface area contributed by atoms with E-state index < -0.39 is 6.04 Å². The Morgan fingerprint density at radius 2 is 2.00 bits per heavy atom. The molecule has 6 nitrogen and oxygen atoms in total. The fourth-order valence-electron chi connectivity index (χ4n) is 2.14. The molecule has 0 aliphatic carbocycles. The molecule has 1 unspecified atom stereocenters. The highest BCUT2D eigenvalue weighted by atomic mass is 35.5. The van der Waals surface area contributed by atoms with Crippen molar-refractivity contribution in [3.8, 4) is 11.3 Å². The molecule has 0 saturated heterocycles. The van der Waals surface area contributed by atoms with Gasteiger partial charge in [0.15, 0.2) is 0 Å². The summed E-state index contributed by atoms with van der Waals surface area (Å²) in [6.07, 6.45) is 0. The maximum absolute atomic E-state index is 12.3. The summed E-state index contributed by atoms with van der Waals surface area (Å²) in [6.45, 7) is 3.73. The molecule has 0 spiro atoms. The van der Waals surface area contributed by atoms with Gasteiger partial charge in [0.25, 0.3) is 5.91 Å². The maximum Gasteiger partial charge on any atom is 0.269 e. The fourth-order valence-corrected chi connectivity index (χ4v) is 2.33. The molecule has 0 saturated carbocycles.